The van der Waals surface area contributed by atoms with Gasteiger partial charge in [0.15, 0.2) is 5.65 Å². The van der Waals surface area contributed by atoms with Crippen LogP contribution in [-0.2, 0) is 0 Å². The van der Waals surface area contributed by atoms with Crippen LogP contribution >= 0.6 is 25.1 Å². The van der Waals surface area contributed by atoms with E-state index in [4.69, 9.17) is 28.9 Å². The molecule has 0 radical (unpaired) electrons. The first-order chi connectivity index (χ1) is 14.0. The second-order valence-electron chi connectivity index (χ2n) is 6.51. The molecule has 4 rings (SSSR count). The first-order valence-electron chi connectivity index (χ1n) is 8.85. The van der Waals surface area contributed by atoms with Gasteiger partial charge in [-0.05, 0) is 13.8 Å². The van der Waals surface area contributed by atoms with E-state index in [1.54, 1.807) is 17.6 Å². The number of aromatic nitrogens is 5. The lowest BCUT2D eigenvalue weighted by atomic mass is 10.0. The molecule has 0 aliphatic carbocycles. The molecule has 0 amide bonds. The number of anilines is 2. The summed E-state index contributed by atoms with van der Waals surface area (Å²) in [7, 11) is 0. The molecule has 3 aromatic heterocycles. The largest absolute Gasteiger partial charge is 0.372 e. The Morgan fingerprint density at radius 3 is 2.63 bits per heavy atom. The van der Waals surface area contributed by atoms with E-state index in [2.05, 4.69) is 25.2 Å². The molecule has 152 valence electrons. The van der Waals surface area contributed by atoms with Crippen LogP contribution in [0.4, 0.5) is 17.5 Å². The van der Waals surface area contributed by atoms with E-state index in [1.807, 2.05) is 43.5 Å². The summed E-state index contributed by atoms with van der Waals surface area (Å²) in [6.45, 7) is 11.1. The van der Waals surface area contributed by atoms with Crippen LogP contribution in [0, 0.1) is 13.5 Å². The smallest absolute Gasteiger partial charge is 0.249 e. The van der Waals surface area contributed by atoms with Gasteiger partial charge in [0.25, 0.3) is 0 Å². The van der Waals surface area contributed by atoms with Gasteiger partial charge < -0.3 is 11.1 Å². The maximum Gasteiger partial charge on any atom is 0.249 e. The summed E-state index contributed by atoms with van der Waals surface area (Å²) < 4.78 is 1.64. The van der Waals surface area contributed by atoms with Gasteiger partial charge in [-0.2, -0.15) is 18.6 Å². The van der Waals surface area contributed by atoms with Gasteiger partial charge in [0.05, 0.1) is 30.2 Å². The Labute approximate surface area is 185 Å². The summed E-state index contributed by atoms with van der Waals surface area (Å²) in [6, 6.07) is 9.57. The van der Waals surface area contributed by atoms with Gasteiger partial charge in [-0.3, -0.25) is 0 Å². The van der Waals surface area contributed by atoms with E-state index in [0.717, 1.165) is 16.8 Å². The Morgan fingerprint density at radius 1 is 1.20 bits per heavy atom. The normalized spacial score (nSPS) is 11.5. The highest BCUT2D eigenvalue weighted by Gasteiger charge is 2.20. The van der Waals surface area contributed by atoms with E-state index in [0.29, 0.717) is 27.9 Å². The summed E-state index contributed by atoms with van der Waals surface area (Å²) in [5, 5.41) is 8.02. The molecule has 10 heteroatoms. The van der Waals surface area contributed by atoms with Gasteiger partial charge in [-0.15, -0.1) is 0 Å². The van der Waals surface area contributed by atoms with E-state index in [1.165, 1.54) is 0 Å². The molecule has 0 bridgehead atoms. The first-order valence-corrected chi connectivity index (χ1v) is 9.23. The predicted molar refractivity (Wildman–Crippen MR) is 123 cm³/mol. The van der Waals surface area contributed by atoms with Crippen molar-refractivity contribution in [3.05, 3.63) is 70.4 Å². The number of nitrogens with one attached hydrogen (secondary N) is 1. The summed E-state index contributed by atoms with van der Waals surface area (Å²) >= 11 is 6.24. The number of nitrogens with zero attached hydrogens (tertiary/aromatic N) is 6. The molecule has 0 aliphatic rings. The average Bonchev–Trinajstić information content (AvgIpc) is 3.07. The number of nitrogens with two attached hydrogens (primary N) is 1. The average molecular weight is 439 g/mol. The van der Waals surface area contributed by atoms with Gasteiger partial charge in [0.2, 0.25) is 11.6 Å². The van der Waals surface area contributed by atoms with E-state index in [-0.39, 0.29) is 25.5 Å². The number of halogens is 1. The Hall–Kier alpha value is -3.35. The molecule has 1 aromatic carbocycles. The van der Waals surface area contributed by atoms with Crippen molar-refractivity contribution < 1.29 is 0 Å². The third-order valence-corrected chi connectivity index (χ3v) is 4.80. The summed E-state index contributed by atoms with van der Waals surface area (Å²) in [4.78, 5) is 16.6. The highest BCUT2D eigenvalue weighted by atomic mass is 35.5. The molecule has 3 N–H and O–H groups in total. The summed E-state index contributed by atoms with van der Waals surface area (Å²) in [6.07, 6.45) is 3.44. The van der Waals surface area contributed by atoms with Crippen molar-refractivity contribution in [1.29, 1.82) is 0 Å². The maximum atomic E-state index is 7.46. The molecule has 30 heavy (non-hydrogen) atoms. The zero-order chi connectivity index (χ0) is 20.5. The number of benzene rings is 1. The predicted octanol–water partition coefficient (Wildman–Crippen LogP) is 4.57. The summed E-state index contributed by atoms with van der Waals surface area (Å²) in [5.74, 6) is 0.496. The molecular weight excluding hydrogens is 420 g/mol. The van der Waals surface area contributed by atoms with Crippen LogP contribution in [0.15, 0.2) is 42.7 Å². The summed E-state index contributed by atoms with van der Waals surface area (Å²) in [5.41, 5.74) is 9.81. The Balaban J connectivity index is 0.00000256. The van der Waals surface area contributed by atoms with Crippen LogP contribution in [0.25, 0.3) is 21.7 Å². The van der Waals surface area contributed by atoms with E-state index in [9.17, 15) is 0 Å². The lowest BCUT2D eigenvalue weighted by Crippen LogP contribution is -2.13. The van der Waals surface area contributed by atoms with Crippen LogP contribution in [-0.4, -0.2) is 24.6 Å². The first kappa shape index (κ1) is 21.4. The van der Waals surface area contributed by atoms with Gasteiger partial charge in [0.1, 0.15) is 10.8 Å². The van der Waals surface area contributed by atoms with Crippen LogP contribution in [0.1, 0.15) is 24.2 Å². The number of hydrogen-bond donors (Lipinski definition) is 2. The van der Waals surface area contributed by atoms with Crippen molar-refractivity contribution in [3.63, 3.8) is 0 Å². The van der Waals surface area contributed by atoms with Crippen molar-refractivity contribution in [2.45, 2.75) is 19.9 Å². The van der Waals surface area contributed by atoms with Crippen LogP contribution < -0.4 is 11.1 Å². The minimum absolute atomic E-state index is 0. The third-order valence-electron chi connectivity index (χ3n) is 4.53. The van der Waals surface area contributed by atoms with E-state index >= 15 is 0 Å². The number of nitrogen functional groups attached to an aromatic ring is 1. The fourth-order valence-corrected chi connectivity index (χ4v) is 3.32. The molecule has 0 aliphatic heterocycles. The van der Waals surface area contributed by atoms with Crippen molar-refractivity contribution in [1.82, 2.24) is 24.6 Å². The highest BCUT2D eigenvalue weighted by Crippen LogP contribution is 2.33. The third kappa shape index (κ3) is 3.87. The zero-order valence-corrected chi connectivity index (χ0v) is 18.0. The molecule has 4 aromatic rings. The molecule has 1 atom stereocenters. The molecule has 0 unspecified atom stereocenters. The standard InChI is InChI=1S/C20H17ClN8.H2S/c1-11(25-18-16(23-3)12(2)26-20(22)28-18)14-10-29-19(15(21)9-24-29)27-17(14)13-7-5-4-6-8-13;/h4-11H,1-2H3,(H3,22,25,26,28);1H2/t11-;/m0./s1. The maximum absolute atomic E-state index is 7.46. The van der Waals surface area contributed by atoms with Crippen molar-refractivity contribution in [2.24, 2.45) is 0 Å². The molecule has 0 fully saturated rings. The molecule has 0 saturated heterocycles. The van der Waals surface area contributed by atoms with Crippen LogP contribution in [0.3, 0.4) is 0 Å². The molecule has 0 spiro atoms. The second kappa shape index (κ2) is 8.57. The number of rotatable bonds is 4. The zero-order valence-electron chi connectivity index (χ0n) is 16.3. The number of aryl methyl sites for hydroxylation is 1. The van der Waals surface area contributed by atoms with Crippen LogP contribution in [0.2, 0.25) is 5.02 Å². The Bertz CT molecular complexity index is 1250. The van der Waals surface area contributed by atoms with Gasteiger partial charge in [0, 0.05) is 17.3 Å². The lowest BCUT2D eigenvalue weighted by Gasteiger charge is -2.20. The molecular formula is C20H19ClN8S. The second-order valence-corrected chi connectivity index (χ2v) is 6.92. The fraction of sp³-hybridized carbons (Fsp3) is 0.150. The van der Waals surface area contributed by atoms with Crippen molar-refractivity contribution in [2.75, 3.05) is 11.1 Å². The Morgan fingerprint density at radius 2 is 1.93 bits per heavy atom. The quantitative estimate of drug-likeness (QED) is 0.453. The minimum Gasteiger partial charge on any atom is -0.372 e. The monoisotopic (exact) mass is 438 g/mol. The lowest BCUT2D eigenvalue weighted by molar-refractivity contribution is 0.831. The van der Waals surface area contributed by atoms with Crippen LogP contribution in [0.5, 0.6) is 0 Å². The number of fused-ring (bicyclic) bond motifs is 1. The molecule has 8 nitrogen and oxygen atoms in total. The van der Waals surface area contributed by atoms with Crippen molar-refractivity contribution in [3.8, 4) is 11.3 Å². The van der Waals surface area contributed by atoms with E-state index < -0.39 is 0 Å². The number of hydrogen-bond acceptors (Lipinski definition) is 6. The molecule has 0 saturated carbocycles. The SMILES string of the molecule is S.[C-]#[N+]c1c(C)nc(N)nc1N[C@@H](C)c1cn2ncc(Cl)c2nc1-c1ccccc1. The topological polar surface area (TPSA) is 98.4 Å². The minimum atomic E-state index is -0.251. The van der Waals surface area contributed by atoms with Gasteiger partial charge in [-0.25, -0.2) is 24.3 Å². The fourth-order valence-electron chi connectivity index (χ4n) is 3.15. The Kier molecular flexibility index (Phi) is 6.10. The highest BCUT2D eigenvalue weighted by molar-refractivity contribution is 7.59. The van der Waals surface area contributed by atoms with Gasteiger partial charge in [-0.1, -0.05) is 41.9 Å². The van der Waals surface area contributed by atoms with Gasteiger partial charge >= 0.3 is 0 Å². The van der Waals surface area contributed by atoms with Crippen molar-refractivity contribution >= 4 is 48.2 Å². The molecule has 3 heterocycles.